The second-order valence-corrected chi connectivity index (χ2v) is 4.74. The molecule has 1 aliphatic heterocycles. The average Bonchev–Trinajstić information content (AvgIpc) is 2.48. The van der Waals surface area contributed by atoms with Crippen molar-refractivity contribution in [1.82, 2.24) is 10.6 Å². The first-order chi connectivity index (χ1) is 6.77. The van der Waals surface area contributed by atoms with E-state index >= 15 is 0 Å². The van der Waals surface area contributed by atoms with Gasteiger partial charge in [-0.1, -0.05) is 13.3 Å². The first kappa shape index (κ1) is 9.97. The summed E-state index contributed by atoms with van der Waals surface area (Å²) >= 11 is 0. The van der Waals surface area contributed by atoms with Gasteiger partial charge in [0.25, 0.3) is 0 Å². The molecule has 1 heterocycles. The van der Waals surface area contributed by atoms with E-state index in [0.29, 0.717) is 5.92 Å². The minimum absolute atomic E-state index is 0.0649. The molecule has 2 fully saturated rings. The van der Waals surface area contributed by atoms with Crippen molar-refractivity contribution in [3.63, 3.8) is 0 Å². The van der Waals surface area contributed by atoms with Crippen molar-refractivity contribution in [2.75, 3.05) is 13.1 Å². The van der Waals surface area contributed by atoms with Gasteiger partial charge in [-0.25, -0.2) is 0 Å². The zero-order valence-corrected chi connectivity index (χ0v) is 8.88. The van der Waals surface area contributed by atoms with Crippen LogP contribution in [0.2, 0.25) is 0 Å². The first-order valence-corrected chi connectivity index (χ1v) is 5.78. The van der Waals surface area contributed by atoms with E-state index < -0.39 is 0 Å². The van der Waals surface area contributed by atoms with Gasteiger partial charge in [0.05, 0.1) is 6.04 Å². The van der Waals surface area contributed by atoms with E-state index in [2.05, 4.69) is 17.6 Å². The van der Waals surface area contributed by atoms with E-state index in [-0.39, 0.29) is 11.9 Å². The maximum Gasteiger partial charge on any atom is 0.237 e. The molecule has 2 N–H and O–H groups in total. The molecule has 1 amide bonds. The summed E-state index contributed by atoms with van der Waals surface area (Å²) in [5, 5.41) is 6.31. The molecule has 2 atom stereocenters. The fourth-order valence-corrected chi connectivity index (χ4v) is 2.24. The first-order valence-electron chi connectivity index (χ1n) is 5.78. The van der Waals surface area contributed by atoms with Gasteiger partial charge in [-0.05, 0) is 37.6 Å². The normalized spacial score (nSPS) is 32.6. The van der Waals surface area contributed by atoms with E-state index in [1.165, 1.54) is 19.3 Å². The van der Waals surface area contributed by atoms with Crippen LogP contribution in [0, 0.1) is 11.8 Å². The minimum Gasteiger partial charge on any atom is -0.354 e. The molecule has 14 heavy (non-hydrogen) atoms. The van der Waals surface area contributed by atoms with Crippen LogP contribution in [0.1, 0.15) is 32.6 Å². The van der Waals surface area contributed by atoms with Gasteiger partial charge >= 0.3 is 0 Å². The standard InChI is InChI=1S/C11H20N2O/c1-8-5-6-12-10(8)11(14)13-7-9-3-2-4-9/h8-10,12H,2-7H2,1H3,(H,13,14). The second-order valence-electron chi connectivity index (χ2n) is 4.74. The van der Waals surface area contributed by atoms with Crippen LogP contribution >= 0.6 is 0 Å². The number of amides is 1. The molecule has 80 valence electrons. The Morgan fingerprint density at radius 1 is 1.43 bits per heavy atom. The quantitative estimate of drug-likeness (QED) is 0.704. The summed E-state index contributed by atoms with van der Waals surface area (Å²) in [6.07, 6.45) is 5.07. The number of carbonyl (C=O) groups is 1. The molecule has 1 saturated heterocycles. The Bertz CT molecular complexity index is 213. The van der Waals surface area contributed by atoms with Crippen molar-refractivity contribution in [2.45, 2.75) is 38.6 Å². The predicted octanol–water partition coefficient (Wildman–Crippen LogP) is 0.901. The largest absolute Gasteiger partial charge is 0.354 e. The van der Waals surface area contributed by atoms with Crippen LogP contribution in [0.25, 0.3) is 0 Å². The van der Waals surface area contributed by atoms with E-state index in [1.807, 2.05) is 0 Å². The highest BCUT2D eigenvalue weighted by atomic mass is 16.2. The lowest BCUT2D eigenvalue weighted by molar-refractivity contribution is -0.123. The number of rotatable bonds is 3. The minimum atomic E-state index is 0.0649. The van der Waals surface area contributed by atoms with Gasteiger partial charge in [0.1, 0.15) is 0 Å². The topological polar surface area (TPSA) is 41.1 Å². The molecule has 2 unspecified atom stereocenters. The Hall–Kier alpha value is -0.570. The third kappa shape index (κ3) is 2.08. The van der Waals surface area contributed by atoms with Crippen LogP contribution in [-0.4, -0.2) is 25.0 Å². The SMILES string of the molecule is CC1CCNC1C(=O)NCC1CCC1. The maximum atomic E-state index is 11.7. The van der Waals surface area contributed by atoms with Crippen molar-refractivity contribution in [2.24, 2.45) is 11.8 Å². The summed E-state index contributed by atoms with van der Waals surface area (Å²) in [4.78, 5) is 11.7. The summed E-state index contributed by atoms with van der Waals surface area (Å²) in [5.74, 6) is 1.47. The fraction of sp³-hybridized carbons (Fsp3) is 0.909. The van der Waals surface area contributed by atoms with E-state index in [9.17, 15) is 4.79 Å². The molecule has 1 aliphatic carbocycles. The molecule has 0 aromatic carbocycles. The average molecular weight is 196 g/mol. The Labute approximate surface area is 85.6 Å². The molecule has 0 aromatic heterocycles. The summed E-state index contributed by atoms with van der Waals surface area (Å²) in [6, 6.07) is 0.0649. The highest BCUT2D eigenvalue weighted by Gasteiger charge is 2.29. The van der Waals surface area contributed by atoms with Crippen LogP contribution in [0.15, 0.2) is 0 Å². The van der Waals surface area contributed by atoms with Crippen LogP contribution in [0.3, 0.4) is 0 Å². The molecule has 3 heteroatoms. The van der Waals surface area contributed by atoms with Crippen molar-refractivity contribution in [3.05, 3.63) is 0 Å². The smallest absolute Gasteiger partial charge is 0.237 e. The van der Waals surface area contributed by atoms with E-state index in [1.54, 1.807) is 0 Å². The Morgan fingerprint density at radius 3 is 2.71 bits per heavy atom. The van der Waals surface area contributed by atoms with Crippen molar-refractivity contribution in [3.8, 4) is 0 Å². The summed E-state index contributed by atoms with van der Waals surface area (Å²) in [5.41, 5.74) is 0. The Balaban J connectivity index is 1.71. The van der Waals surface area contributed by atoms with Crippen molar-refractivity contribution >= 4 is 5.91 Å². The lowest BCUT2D eigenvalue weighted by Crippen LogP contribution is -2.45. The molecule has 0 aromatic rings. The molecule has 3 nitrogen and oxygen atoms in total. The van der Waals surface area contributed by atoms with Gasteiger partial charge in [0.2, 0.25) is 5.91 Å². The van der Waals surface area contributed by atoms with Crippen LogP contribution in [0.5, 0.6) is 0 Å². The van der Waals surface area contributed by atoms with Crippen LogP contribution in [0.4, 0.5) is 0 Å². The third-order valence-corrected chi connectivity index (χ3v) is 3.61. The van der Waals surface area contributed by atoms with E-state index in [4.69, 9.17) is 0 Å². The molecule has 0 radical (unpaired) electrons. The Kier molecular flexibility index (Phi) is 3.06. The summed E-state index contributed by atoms with van der Waals surface area (Å²) < 4.78 is 0. The third-order valence-electron chi connectivity index (χ3n) is 3.61. The number of hydrogen-bond donors (Lipinski definition) is 2. The number of hydrogen-bond acceptors (Lipinski definition) is 2. The van der Waals surface area contributed by atoms with Gasteiger partial charge in [0.15, 0.2) is 0 Å². The maximum absolute atomic E-state index is 11.7. The lowest BCUT2D eigenvalue weighted by Gasteiger charge is -2.26. The van der Waals surface area contributed by atoms with Crippen LogP contribution in [-0.2, 0) is 4.79 Å². The number of nitrogens with one attached hydrogen (secondary N) is 2. The van der Waals surface area contributed by atoms with Gasteiger partial charge in [0, 0.05) is 6.54 Å². The molecule has 0 bridgehead atoms. The summed E-state index contributed by atoms with van der Waals surface area (Å²) in [6.45, 7) is 4.03. The van der Waals surface area contributed by atoms with Gasteiger partial charge in [-0.2, -0.15) is 0 Å². The van der Waals surface area contributed by atoms with Crippen LogP contribution < -0.4 is 10.6 Å². The van der Waals surface area contributed by atoms with Crippen molar-refractivity contribution < 1.29 is 4.79 Å². The zero-order valence-electron chi connectivity index (χ0n) is 8.88. The highest BCUT2D eigenvalue weighted by molar-refractivity contribution is 5.82. The lowest BCUT2D eigenvalue weighted by atomic mass is 9.85. The fourth-order valence-electron chi connectivity index (χ4n) is 2.24. The highest BCUT2D eigenvalue weighted by Crippen LogP contribution is 2.25. The second kappa shape index (κ2) is 4.30. The molecule has 0 spiro atoms. The molecule has 1 saturated carbocycles. The van der Waals surface area contributed by atoms with E-state index in [0.717, 1.165) is 25.4 Å². The molecule has 2 rings (SSSR count). The van der Waals surface area contributed by atoms with Crippen molar-refractivity contribution in [1.29, 1.82) is 0 Å². The number of carbonyl (C=O) groups excluding carboxylic acids is 1. The Morgan fingerprint density at radius 2 is 2.21 bits per heavy atom. The molecule has 2 aliphatic rings. The monoisotopic (exact) mass is 196 g/mol. The predicted molar refractivity (Wildman–Crippen MR) is 55.9 cm³/mol. The molecular weight excluding hydrogens is 176 g/mol. The van der Waals surface area contributed by atoms with Gasteiger partial charge < -0.3 is 10.6 Å². The van der Waals surface area contributed by atoms with Gasteiger partial charge in [-0.3, -0.25) is 4.79 Å². The summed E-state index contributed by atoms with van der Waals surface area (Å²) in [7, 11) is 0. The zero-order chi connectivity index (χ0) is 9.97. The molecular formula is C11H20N2O. The van der Waals surface area contributed by atoms with Gasteiger partial charge in [-0.15, -0.1) is 0 Å².